The molecule has 9 nitrogen and oxygen atoms in total. The number of ketones is 5. The molecule has 6 atom stereocenters. The molecule has 2 aromatic carbocycles. The van der Waals surface area contributed by atoms with Crippen LogP contribution in [-0.4, -0.2) is 50.7 Å². The number of aliphatic hydroxyl groups is 1. The molecule has 2 aromatic rings. The molecular weight excluding hydrogens is 588 g/mol. The maximum absolute atomic E-state index is 14.5. The van der Waals surface area contributed by atoms with Crippen LogP contribution in [0, 0.1) is 41.4 Å². The van der Waals surface area contributed by atoms with E-state index in [0.717, 1.165) is 12.5 Å². The highest BCUT2D eigenvalue weighted by molar-refractivity contribution is 6.32. The van der Waals surface area contributed by atoms with Gasteiger partial charge in [0.05, 0.1) is 17.9 Å². The van der Waals surface area contributed by atoms with E-state index in [4.69, 9.17) is 4.74 Å². The van der Waals surface area contributed by atoms with Gasteiger partial charge in [0.25, 0.3) is 0 Å². The average molecular weight is 631 g/mol. The van der Waals surface area contributed by atoms with Crippen molar-refractivity contribution < 1.29 is 43.7 Å². The van der Waals surface area contributed by atoms with Gasteiger partial charge in [0.2, 0.25) is 0 Å². The Bertz CT molecular complexity index is 1700. The van der Waals surface area contributed by atoms with Crippen LogP contribution in [0.15, 0.2) is 30.3 Å². The van der Waals surface area contributed by atoms with Gasteiger partial charge in [-0.05, 0) is 67.2 Å². The third kappa shape index (κ3) is 4.69. The Morgan fingerprint density at radius 1 is 1.00 bits per heavy atom. The Kier molecular flexibility index (Phi) is 8.04. The molecule has 2 fully saturated rings. The van der Waals surface area contributed by atoms with Gasteiger partial charge in [-0.1, -0.05) is 65.3 Å². The number of Topliss-reactive ketones (excluding diaryl/α,β-unsaturated/α-hetero) is 5. The zero-order valence-corrected chi connectivity index (χ0v) is 27.6. The third-order valence-corrected chi connectivity index (χ3v) is 10.7. The van der Waals surface area contributed by atoms with E-state index in [9.17, 15) is 39.0 Å². The molecule has 3 unspecified atom stereocenters. The molecule has 0 spiro atoms. The molecule has 0 aliphatic heterocycles. The number of carbonyl (C=O) groups is 6. The molecule has 0 amide bonds. The molecule has 0 bridgehead atoms. The molecule has 0 saturated heterocycles. The summed E-state index contributed by atoms with van der Waals surface area (Å²) >= 11 is 0. The lowest BCUT2D eigenvalue weighted by Gasteiger charge is -2.62. The fraction of sp³-hybridized carbons (Fsp3) is 0.514. The smallest absolute Gasteiger partial charge is 0.315 e. The monoisotopic (exact) mass is 630 g/mol. The lowest BCUT2D eigenvalue weighted by atomic mass is 9.39. The molecule has 3 aliphatic rings. The quantitative estimate of drug-likeness (QED) is 0.263. The van der Waals surface area contributed by atoms with Crippen molar-refractivity contribution in [3.8, 4) is 11.5 Å². The van der Waals surface area contributed by atoms with E-state index < -0.39 is 80.7 Å². The molecule has 244 valence electrons. The van der Waals surface area contributed by atoms with Crippen LogP contribution in [0.4, 0.5) is 0 Å². The summed E-state index contributed by atoms with van der Waals surface area (Å²) in [5.41, 5.74) is -3.21. The number of phenolic OH excluding ortho intramolecular Hbond substituents is 1. The van der Waals surface area contributed by atoms with Crippen LogP contribution in [0.2, 0.25) is 0 Å². The molecule has 0 heterocycles. The minimum Gasteiger partial charge on any atom is -0.507 e. The molecule has 2 saturated carbocycles. The molecule has 2 N–H and O–H groups in total. The number of carbonyl (C=O) groups excluding carboxylic acids is 6. The van der Waals surface area contributed by atoms with Gasteiger partial charge >= 0.3 is 5.97 Å². The largest absolute Gasteiger partial charge is 0.507 e. The van der Waals surface area contributed by atoms with Crippen LogP contribution >= 0.6 is 0 Å². The van der Waals surface area contributed by atoms with E-state index in [1.165, 1.54) is 0 Å². The summed E-state index contributed by atoms with van der Waals surface area (Å²) in [6.45, 7) is 13.6. The molecular formula is C37H42O9. The van der Waals surface area contributed by atoms with Crippen molar-refractivity contribution >= 4 is 34.9 Å². The number of aryl methyl sites for hydroxylation is 1. The van der Waals surface area contributed by atoms with Crippen molar-refractivity contribution in [1.29, 1.82) is 0 Å². The fourth-order valence-corrected chi connectivity index (χ4v) is 8.87. The van der Waals surface area contributed by atoms with Crippen molar-refractivity contribution in [2.45, 2.75) is 86.2 Å². The average Bonchev–Trinajstić information content (AvgIpc) is 2.92. The summed E-state index contributed by atoms with van der Waals surface area (Å²) in [4.78, 5) is 82.2. The van der Waals surface area contributed by atoms with Gasteiger partial charge in [0, 0.05) is 16.9 Å². The zero-order chi connectivity index (χ0) is 34.3. The van der Waals surface area contributed by atoms with Gasteiger partial charge in [0.15, 0.2) is 28.7 Å². The maximum atomic E-state index is 14.5. The zero-order valence-electron chi connectivity index (χ0n) is 27.6. The first-order chi connectivity index (χ1) is 21.3. The standard InChI is InChI=1S/C37H42O9/c1-17(2)23-13-21(14-25(39)46-22-11-9-19(5)10-12-22)30(40)27-24(23)15-35(7)16-36(8)28(18(3)4)31(41)26(20(6)38)33(43)37(36,45)34(44)29(35)32(27)42/h9-13,17-18,26,28-29,40,45H,14-16H2,1-8H3/t26?,28?,29?,35-,36-,37+/m1/s1. The molecule has 0 aromatic heterocycles. The van der Waals surface area contributed by atoms with Crippen LogP contribution < -0.4 is 4.74 Å². The molecule has 5 rings (SSSR count). The fourth-order valence-electron chi connectivity index (χ4n) is 8.87. The van der Waals surface area contributed by atoms with Gasteiger partial charge in [-0.2, -0.15) is 0 Å². The van der Waals surface area contributed by atoms with Crippen molar-refractivity contribution in [3.05, 3.63) is 58.1 Å². The maximum Gasteiger partial charge on any atom is 0.315 e. The van der Waals surface area contributed by atoms with Gasteiger partial charge in [-0.3, -0.25) is 28.8 Å². The second kappa shape index (κ2) is 11.1. The third-order valence-electron chi connectivity index (χ3n) is 10.7. The van der Waals surface area contributed by atoms with Crippen LogP contribution in [0.5, 0.6) is 11.5 Å². The first-order valence-electron chi connectivity index (χ1n) is 15.8. The predicted octanol–water partition coefficient (Wildman–Crippen LogP) is 4.67. The number of hydrogen-bond acceptors (Lipinski definition) is 9. The van der Waals surface area contributed by atoms with E-state index in [-0.39, 0.29) is 36.3 Å². The second-order valence-electron chi connectivity index (χ2n) is 14.8. The number of rotatable bonds is 6. The Morgan fingerprint density at radius 3 is 2.15 bits per heavy atom. The number of aromatic hydroxyl groups is 1. The van der Waals surface area contributed by atoms with Crippen LogP contribution in [0.25, 0.3) is 0 Å². The van der Waals surface area contributed by atoms with E-state index in [1.54, 1.807) is 58.0 Å². The van der Waals surface area contributed by atoms with E-state index in [2.05, 4.69) is 0 Å². The number of benzene rings is 2. The predicted molar refractivity (Wildman–Crippen MR) is 168 cm³/mol. The highest BCUT2D eigenvalue weighted by Crippen LogP contribution is 2.64. The number of phenols is 1. The highest BCUT2D eigenvalue weighted by Gasteiger charge is 2.76. The van der Waals surface area contributed by atoms with Crippen molar-refractivity contribution in [1.82, 2.24) is 0 Å². The summed E-state index contributed by atoms with van der Waals surface area (Å²) in [5.74, 6) is -10.1. The molecule has 9 heteroatoms. The number of esters is 1. The van der Waals surface area contributed by atoms with Crippen molar-refractivity contribution in [2.24, 2.45) is 34.5 Å². The normalized spacial score (nSPS) is 30.6. The van der Waals surface area contributed by atoms with Gasteiger partial charge in [-0.15, -0.1) is 0 Å². The van der Waals surface area contributed by atoms with Crippen LogP contribution in [-0.2, 0) is 36.8 Å². The van der Waals surface area contributed by atoms with Gasteiger partial charge in [0.1, 0.15) is 23.2 Å². The van der Waals surface area contributed by atoms with Crippen LogP contribution in [0.1, 0.15) is 93.4 Å². The SMILES string of the molecule is CC(=O)C1C(=O)C(C(C)C)[C@@]2(C)C[C@@]3(C)Cc4c(C(C)C)cc(CC(=O)Oc5ccc(C)cc5)c(O)c4C(=O)C3C(=O)[C@@]2(O)C1=O. The summed E-state index contributed by atoms with van der Waals surface area (Å²) in [6.07, 6.45) is -0.227. The number of hydrogen-bond donors (Lipinski definition) is 2. The van der Waals surface area contributed by atoms with E-state index in [0.29, 0.717) is 16.9 Å². The molecule has 46 heavy (non-hydrogen) atoms. The Balaban J connectivity index is 1.64. The second-order valence-corrected chi connectivity index (χ2v) is 14.8. The lowest BCUT2D eigenvalue weighted by Crippen LogP contribution is -2.76. The van der Waals surface area contributed by atoms with Crippen molar-refractivity contribution in [2.75, 3.05) is 0 Å². The Morgan fingerprint density at radius 2 is 1.61 bits per heavy atom. The Labute approximate surface area is 268 Å². The highest BCUT2D eigenvalue weighted by atomic mass is 16.5. The summed E-state index contributed by atoms with van der Waals surface area (Å²) in [6, 6.07) is 8.58. The first-order valence-corrected chi connectivity index (χ1v) is 15.8. The van der Waals surface area contributed by atoms with Gasteiger partial charge < -0.3 is 14.9 Å². The topological polar surface area (TPSA) is 152 Å². The van der Waals surface area contributed by atoms with Crippen molar-refractivity contribution in [3.63, 3.8) is 0 Å². The Hall–Kier alpha value is -3.98. The number of ether oxygens (including phenoxy) is 1. The lowest BCUT2D eigenvalue weighted by molar-refractivity contribution is -0.205. The molecule has 3 aliphatic carbocycles. The van der Waals surface area contributed by atoms with E-state index >= 15 is 0 Å². The van der Waals surface area contributed by atoms with Crippen LogP contribution in [0.3, 0.4) is 0 Å². The minimum atomic E-state index is -2.77. The van der Waals surface area contributed by atoms with E-state index in [1.807, 2.05) is 20.8 Å². The first kappa shape index (κ1) is 33.4. The minimum absolute atomic E-state index is 0.0219. The number of fused-ring (bicyclic) bond motifs is 3. The summed E-state index contributed by atoms with van der Waals surface area (Å²) in [5, 5.41) is 23.8. The van der Waals surface area contributed by atoms with Gasteiger partial charge in [-0.25, -0.2) is 0 Å². The summed E-state index contributed by atoms with van der Waals surface area (Å²) in [7, 11) is 0. The summed E-state index contributed by atoms with van der Waals surface area (Å²) < 4.78 is 5.47. The molecule has 0 radical (unpaired) electrons.